The summed E-state index contributed by atoms with van der Waals surface area (Å²) in [4.78, 5) is 14.9. The van der Waals surface area contributed by atoms with Gasteiger partial charge in [0, 0.05) is 11.9 Å². The predicted octanol–water partition coefficient (Wildman–Crippen LogP) is 3.22. The molecule has 0 saturated heterocycles. The summed E-state index contributed by atoms with van der Waals surface area (Å²) >= 11 is 1.35. The Morgan fingerprint density at radius 1 is 1.40 bits per heavy atom. The van der Waals surface area contributed by atoms with Crippen LogP contribution < -0.4 is 4.74 Å². The molecular formula is C14H12FNO3S. The number of methoxy groups -OCH3 is 1. The summed E-state index contributed by atoms with van der Waals surface area (Å²) in [6.45, 7) is 0. The molecule has 0 unspecified atom stereocenters. The summed E-state index contributed by atoms with van der Waals surface area (Å²) in [5.41, 5.74) is 0.958. The Balaban J connectivity index is 2.07. The maximum Gasteiger partial charge on any atom is 0.335 e. The first-order chi connectivity index (χ1) is 9.60. The average Bonchev–Trinajstić information content (AvgIpc) is 2.45. The zero-order valence-corrected chi connectivity index (χ0v) is 11.5. The zero-order valence-electron chi connectivity index (χ0n) is 10.7. The van der Waals surface area contributed by atoms with E-state index in [1.807, 2.05) is 0 Å². The molecule has 2 aromatic rings. The monoisotopic (exact) mass is 293 g/mol. The molecule has 1 N–H and O–H groups in total. The number of carboxylic acid groups (broad SMARTS) is 1. The second kappa shape index (κ2) is 6.38. The molecule has 6 heteroatoms. The number of halogens is 1. The summed E-state index contributed by atoms with van der Waals surface area (Å²) in [6.07, 6.45) is 1.44. The van der Waals surface area contributed by atoms with Gasteiger partial charge in [-0.1, -0.05) is 6.07 Å². The molecule has 0 aliphatic carbocycles. The molecular weight excluding hydrogens is 281 g/mol. The number of ether oxygens (including phenoxy) is 1. The second-order valence-electron chi connectivity index (χ2n) is 3.95. The van der Waals surface area contributed by atoms with Crippen LogP contribution in [0.15, 0.2) is 41.6 Å². The van der Waals surface area contributed by atoms with Crippen molar-refractivity contribution in [3.8, 4) is 5.75 Å². The van der Waals surface area contributed by atoms with Crippen molar-refractivity contribution in [3.05, 3.63) is 53.5 Å². The highest BCUT2D eigenvalue weighted by Crippen LogP contribution is 2.24. The number of hydrogen-bond donors (Lipinski definition) is 1. The molecule has 2 rings (SSSR count). The lowest BCUT2D eigenvalue weighted by atomic mass is 10.2. The van der Waals surface area contributed by atoms with Gasteiger partial charge >= 0.3 is 5.97 Å². The van der Waals surface area contributed by atoms with Gasteiger partial charge in [0.2, 0.25) is 0 Å². The fourth-order valence-corrected chi connectivity index (χ4v) is 2.42. The molecule has 0 aliphatic rings. The van der Waals surface area contributed by atoms with Crippen LogP contribution in [0, 0.1) is 5.82 Å². The molecule has 20 heavy (non-hydrogen) atoms. The van der Waals surface area contributed by atoms with Gasteiger partial charge in [0.05, 0.1) is 17.7 Å². The molecule has 0 aliphatic heterocycles. The molecule has 1 aromatic carbocycles. The predicted molar refractivity (Wildman–Crippen MR) is 73.7 cm³/mol. The number of carbonyl (C=O) groups is 1. The molecule has 4 nitrogen and oxygen atoms in total. The Morgan fingerprint density at radius 2 is 2.20 bits per heavy atom. The van der Waals surface area contributed by atoms with Crippen molar-refractivity contribution < 1.29 is 19.0 Å². The zero-order chi connectivity index (χ0) is 14.5. The van der Waals surface area contributed by atoms with Gasteiger partial charge < -0.3 is 9.84 Å². The van der Waals surface area contributed by atoms with Gasteiger partial charge in [-0.05, 0) is 29.8 Å². The first-order valence-corrected chi connectivity index (χ1v) is 6.73. The van der Waals surface area contributed by atoms with Crippen LogP contribution in [-0.4, -0.2) is 23.2 Å². The van der Waals surface area contributed by atoms with Gasteiger partial charge in [-0.15, -0.1) is 11.8 Å². The first-order valence-electron chi connectivity index (χ1n) is 5.74. The Bertz CT molecular complexity index is 634. The van der Waals surface area contributed by atoms with Crippen LogP contribution in [-0.2, 0) is 5.75 Å². The number of nitrogens with zero attached hydrogens (tertiary/aromatic N) is 1. The van der Waals surface area contributed by atoms with Gasteiger partial charge in [-0.2, -0.15) is 0 Å². The lowest BCUT2D eigenvalue weighted by Gasteiger charge is -2.05. The molecule has 1 heterocycles. The Hall–Kier alpha value is -2.08. The van der Waals surface area contributed by atoms with E-state index in [2.05, 4.69) is 4.98 Å². The van der Waals surface area contributed by atoms with Gasteiger partial charge in [-0.25, -0.2) is 14.2 Å². The third-order valence-corrected chi connectivity index (χ3v) is 3.58. The largest absolute Gasteiger partial charge is 0.494 e. The highest BCUT2D eigenvalue weighted by molar-refractivity contribution is 7.98. The van der Waals surface area contributed by atoms with Crippen molar-refractivity contribution >= 4 is 17.7 Å². The van der Waals surface area contributed by atoms with E-state index in [1.165, 1.54) is 43.3 Å². The van der Waals surface area contributed by atoms with E-state index < -0.39 is 11.8 Å². The van der Waals surface area contributed by atoms with Crippen molar-refractivity contribution in [1.29, 1.82) is 0 Å². The summed E-state index contributed by atoms with van der Waals surface area (Å²) < 4.78 is 18.4. The molecule has 0 fully saturated rings. The molecule has 0 radical (unpaired) electrons. The number of hydrogen-bond acceptors (Lipinski definition) is 4. The van der Waals surface area contributed by atoms with Crippen molar-refractivity contribution in [2.75, 3.05) is 7.11 Å². The normalized spacial score (nSPS) is 10.3. The highest BCUT2D eigenvalue weighted by Gasteiger charge is 2.07. The fraction of sp³-hybridized carbons (Fsp3) is 0.143. The van der Waals surface area contributed by atoms with Gasteiger partial charge in [0.1, 0.15) is 0 Å². The summed E-state index contributed by atoms with van der Waals surface area (Å²) in [7, 11) is 1.41. The van der Waals surface area contributed by atoms with Crippen molar-refractivity contribution in [3.63, 3.8) is 0 Å². The van der Waals surface area contributed by atoms with Crippen LogP contribution in [0.4, 0.5) is 4.39 Å². The minimum absolute atomic E-state index is 0.184. The van der Waals surface area contributed by atoms with Crippen LogP contribution in [0.2, 0.25) is 0 Å². The van der Waals surface area contributed by atoms with E-state index in [4.69, 9.17) is 9.84 Å². The lowest BCUT2D eigenvalue weighted by Crippen LogP contribution is -1.97. The quantitative estimate of drug-likeness (QED) is 0.858. The number of aromatic nitrogens is 1. The van der Waals surface area contributed by atoms with Gasteiger partial charge in [-0.3, -0.25) is 0 Å². The van der Waals surface area contributed by atoms with E-state index in [1.54, 1.807) is 12.1 Å². The van der Waals surface area contributed by atoms with E-state index in [0.717, 1.165) is 5.56 Å². The first kappa shape index (κ1) is 14.3. The van der Waals surface area contributed by atoms with E-state index in [0.29, 0.717) is 10.8 Å². The molecule has 0 atom stereocenters. The molecule has 104 valence electrons. The smallest absolute Gasteiger partial charge is 0.335 e. The summed E-state index contributed by atoms with van der Waals surface area (Å²) in [5, 5.41) is 9.47. The van der Waals surface area contributed by atoms with Gasteiger partial charge in [0.15, 0.2) is 11.6 Å². The average molecular weight is 293 g/mol. The van der Waals surface area contributed by atoms with Crippen LogP contribution >= 0.6 is 11.8 Å². The second-order valence-corrected chi connectivity index (χ2v) is 4.94. The minimum Gasteiger partial charge on any atom is -0.494 e. The maximum atomic E-state index is 13.5. The minimum atomic E-state index is -0.996. The Kier molecular flexibility index (Phi) is 4.57. The fourth-order valence-electron chi connectivity index (χ4n) is 1.58. The summed E-state index contributed by atoms with van der Waals surface area (Å²) in [5.74, 6) is -0.718. The standard InChI is InChI=1S/C14H12FNO3S/c1-19-12-3-2-9(6-11(12)15)8-20-13-7-10(14(17)18)4-5-16-13/h2-7H,8H2,1H3,(H,17,18). The molecule has 0 amide bonds. The van der Waals surface area contributed by atoms with Crippen LogP contribution in [0.3, 0.4) is 0 Å². The van der Waals surface area contributed by atoms with Crippen LogP contribution in [0.5, 0.6) is 5.75 Å². The number of benzene rings is 1. The molecule has 0 bridgehead atoms. The highest BCUT2D eigenvalue weighted by atomic mass is 32.2. The third-order valence-electron chi connectivity index (χ3n) is 2.58. The molecule has 0 spiro atoms. The van der Waals surface area contributed by atoms with Crippen molar-refractivity contribution in [2.24, 2.45) is 0 Å². The Labute approximate surface area is 119 Å². The number of rotatable bonds is 5. The van der Waals surface area contributed by atoms with Crippen LogP contribution in [0.1, 0.15) is 15.9 Å². The van der Waals surface area contributed by atoms with E-state index >= 15 is 0 Å². The topological polar surface area (TPSA) is 59.4 Å². The number of thioether (sulfide) groups is 1. The van der Waals surface area contributed by atoms with Crippen molar-refractivity contribution in [1.82, 2.24) is 4.98 Å². The summed E-state index contributed by atoms with van der Waals surface area (Å²) in [6, 6.07) is 7.64. The van der Waals surface area contributed by atoms with Crippen LogP contribution in [0.25, 0.3) is 0 Å². The van der Waals surface area contributed by atoms with Crippen molar-refractivity contribution in [2.45, 2.75) is 10.8 Å². The lowest BCUT2D eigenvalue weighted by molar-refractivity contribution is 0.0696. The number of pyridine rings is 1. The number of carboxylic acids is 1. The Morgan fingerprint density at radius 3 is 2.85 bits per heavy atom. The van der Waals surface area contributed by atoms with E-state index in [-0.39, 0.29) is 11.3 Å². The van der Waals surface area contributed by atoms with E-state index in [9.17, 15) is 9.18 Å². The molecule has 1 aromatic heterocycles. The maximum absolute atomic E-state index is 13.5. The van der Waals surface area contributed by atoms with Gasteiger partial charge in [0.25, 0.3) is 0 Å². The molecule has 0 saturated carbocycles. The number of aromatic carboxylic acids is 1. The third kappa shape index (κ3) is 3.48. The SMILES string of the molecule is COc1ccc(CSc2cc(C(=O)O)ccn2)cc1F.